The number of halogens is 3. The van der Waals surface area contributed by atoms with Gasteiger partial charge in [-0.05, 0) is 25.0 Å². The van der Waals surface area contributed by atoms with Crippen molar-refractivity contribution in [1.29, 1.82) is 0 Å². The van der Waals surface area contributed by atoms with E-state index in [0.717, 1.165) is 11.0 Å². The summed E-state index contributed by atoms with van der Waals surface area (Å²) in [5.41, 5.74) is 1.33. The van der Waals surface area contributed by atoms with Gasteiger partial charge in [0.25, 0.3) is 0 Å². The number of piperidine rings is 1. The first-order valence-corrected chi connectivity index (χ1v) is 7.64. The van der Waals surface area contributed by atoms with Gasteiger partial charge in [0.05, 0.1) is 11.0 Å². The van der Waals surface area contributed by atoms with Crippen LogP contribution >= 0.6 is 0 Å². The fourth-order valence-corrected chi connectivity index (χ4v) is 3.05. The van der Waals surface area contributed by atoms with Crippen LogP contribution in [0.5, 0.6) is 0 Å². The lowest BCUT2D eigenvalue weighted by atomic mass is 10.0. The van der Waals surface area contributed by atoms with E-state index in [2.05, 4.69) is 4.98 Å². The lowest BCUT2D eigenvalue weighted by molar-refractivity contribution is -0.123. The van der Waals surface area contributed by atoms with Crippen molar-refractivity contribution < 1.29 is 18.0 Å². The van der Waals surface area contributed by atoms with Gasteiger partial charge < -0.3 is 15.2 Å². The first-order chi connectivity index (χ1) is 11.3. The highest BCUT2D eigenvalue weighted by molar-refractivity contribution is 5.75. The summed E-state index contributed by atoms with van der Waals surface area (Å²) in [6.45, 7) is -0.728. The number of hydrogen-bond acceptors (Lipinski definition) is 2. The number of fused-ring (bicyclic) bond motifs is 1. The van der Waals surface area contributed by atoms with Crippen molar-refractivity contribution in [3.8, 4) is 0 Å². The molecule has 2 heterocycles. The maximum Gasteiger partial charge on any atom is 0.405 e. The van der Waals surface area contributed by atoms with E-state index >= 15 is 0 Å². The predicted octanol–water partition coefficient (Wildman–Crippen LogP) is 2.24. The van der Waals surface area contributed by atoms with Gasteiger partial charge in [-0.3, -0.25) is 4.57 Å². The maximum absolute atomic E-state index is 12.2. The topological polar surface area (TPSA) is 70.1 Å². The third-order valence-electron chi connectivity index (χ3n) is 4.18. The molecule has 1 aromatic carbocycles. The smallest absolute Gasteiger partial charge is 0.329 e. The molecule has 6 nitrogen and oxygen atoms in total. The van der Waals surface area contributed by atoms with Crippen LogP contribution in [0.25, 0.3) is 11.0 Å². The molecule has 1 fully saturated rings. The van der Waals surface area contributed by atoms with Crippen LogP contribution in [0.3, 0.4) is 0 Å². The van der Waals surface area contributed by atoms with E-state index in [1.165, 1.54) is 4.90 Å². The molecule has 1 aliphatic heterocycles. The van der Waals surface area contributed by atoms with Crippen LogP contribution in [0.2, 0.25) is 0 Å². The molecule has 0 aliphatic carbocycles. The summed E-state index contributed by atoms with van der Waals surface area (Å²) in [6, 6.07) is 6.52. The molecular formula is C15H17F3N4O2. The molecule has 3 rings (SSSR count). The van der Waals surface area contributed by atoms with E-state index < -0.39 is 18.8 Å². The van der Waals surface area contributed by atoms with E-state index in [0.29, 0.717) is 25.9 Å². The Morgan fingerprint density at radius 3 is 2.58 bits per heavy atom. The van der Waals surface area contributed by atoms with Crippen molar-refractivity contribution in [2.45, 2.75) is 25.1 Å². The monoisotopic (exact) mass is 342 g/mol. The number of carbonyl (C=O) groups excluding carboxylic acids is 1. The zero-order valence-electron chi connectivity index (χ0n) is 12.8. The van der Waals surface area contributed by atoms with Crippen molar-refractivity contribution in [3.05, 3.63) is 34.7 Å². The number of likely N-dealkylation sites (tertiary alicyclic amines) is 1. The summed E-state index contributed by atoms with van der Waals surface area (Å²) < 4.78 is 38.1. The van der Waals surface area contributed by atoms with Crippen molar-refractivity contribution in [2.75, 3.05) is 19.6 Å². The lowest BCUT2D eigenvalue weighted by Crippen LogP contribution is -2.47. The van der Waals surface area contributed by atoms with Gasteiger partial charge in [0, 0.05) is 19.1 Å². The highest BCUT2D eigenvalue weighted by Gasteiger charge is 2.30. The van der Waals surface area contributed by atoms with Gasteiger partial charge in [-0.2, -0.15) is 13.2 Å². The Morgan fingerprint density at radius 2 is 1.92 bits per heavy atom. The number of amides is 2. The molecule has 0 saturated carbocycles. The maximum atomic E-state index is 12.2. The number of rotatable bonds is 2. The lowest BCUT2D eigenvalue weighted by Gasteiger charge is -2.32. The van der Waals surface area contributed by atoms with Gasteiger partial charge in [-0.1, -0.05) is 12.1 Å². The molecule has 1 aromatic heterocycles. The van der Waals surface area contributed by atoms with Crippen LogP contribution in [-0.4, -0.2) is 46.3 Å². The van der Waals surface area contributed by atoms with E-state index in [1.807, 2.05) is 29.6 Å². The minimum Gasteiger partial charge on any atom is -0.329 e. The summed E-state index contributed by atoms with van der Waals surface area (Å²) in [7, 11) is 0. The average molecular weight is 342 g/mol. The standard InChI is InChI=1S/C15H17F3N4O2/c16-15(17,18)9-19-13(23)21-7-5-10(6-8-21)22-12-4-2-1-3-11(12)20-14(22)24/h1-4,10H,5-9H2,(H,19,23)(H,20,24). The second kappa shape index (κ2) is 6.21. The minimum atomic E-state index is -4.43. The quantitative estimate of drug-likeness (QED) is 0.879. The van der Waals surface area contributed by atoms with Gasteiger partial charge in [-0.25, -0.2) is 9.59 Å². The van der Waals surface area contributed by atoms with Gasteiger partial charge >= 0.3 is 17.9 Å². The summed E-state index contributed by atoms with van der Waals surface area (Å²) in [5, 5.41) is 1.87. The second-order valence-electron chi connectivity index (χ2n) is 5.81. The Bertz CT molecular complexity index is 788. The molecule has 2 amide bonds. The molecular weight excluding hydrogens is 325 g/mol. The molecule has 0 radical (unpaired) electrons. The number of imidazole rings is 1. The average Bonchev–Trinajstić information content (AvgIpc) is 2.88. The van der Waals surface area contributed by atoms with Crippen LogP contribution in [-0.2, 0) is 0 Å². The Morgan fingerprint density at radius 1 is 1.25 bits per heavy atom. The molecule has 9 heteroatoms. The van der Waals surface area contributed by atoms with Crippen LogP contribution in [0.4, 0.5) is 18.0 Å². The fourth-order valence-electron chi connectivity index (χ4n) is 3.05. The number of urea groups is 1. The van der Waals surface area contributed by atoms with Gasteiger partial charge in [0.15, 0.2) is 0 Å². The number of nitrogens with zero attached hydrogens (tertiary/aromatic N) is 2. The van der Waals surface area contributed by atoms with Crippen molar-refractivity contribution in [2.24, 2.45) is 0 Å². The number of carbonyl (C=O) groups is 1. The van der Waals surface area contributed by atoms with E-state index in [9.17, 15) is 22.8 Å². The third kappa shape index (κ3) is 3.39. The number of alkyl halides is 3. The predicted molar refractivity (Wildman–Crippen MR) is 81.9 cm³/mol. The largest absolute Gasteiger partial charge is 0.405 e. The molecule has 2 aromatic rings. The van der Waals surface area contributed by atoms with Crippen LogP contribution < -0.4 is 11.0 Å². The molecule has 130 valence electrons. The number of aromatic nitrogens is 2. The molecule has 0 bridgehead atoms. The normalized spacial score (nSPS) is 16.5. The zero-order valence-corrected chi connectivity index (χ0v) is 12.8. The zero-order chi connectivity index (χ0) is 17.3. The minimum absolute atomic E-state index is 0.0830. The van der Waals surface area contributed by atoms with Crippen LogP contribution in [0.15, 0.2) is 29.1 Å². The van der Waals surface area contributed by atoms with Gasteiger partial charge in [0.2, 0.25) is 0 Å². The first-order valence-electron chi connectivity index (χ1n) is 7.64. The summed E-state index contributed by atoms with van der Waals surface area (Å²) in [5.74, 6) is 0. The van der Waals surface area contributed by atoms with Gasteiger partial charge in [0.1, 0.15) is 6.54 Å². The second-order valence-corrected chi connectivity index (χ2v) is 5.81. The number of aromatic amines is 1. The van der Waals surface area contributed by atoms with Crippen LogP contribution in [0.1, 0.15) is 18.9 Å². The number of hydrogen-bond donors (Lipinski definition) is 2. The van der Waals surface area contributed by atoms with E-state index in [-0.39, 0.29) is 11.7 Å². The highest BCUT2D eigenvalue weighted by Crippen LogP contribution is 2.24. The number of para-hydroxylation sites is 2. The van der Waals surface area contributed by atoms with Crippen molar-refractivity contribution >= 4 is 17.1 Å². The SMILES string of the molecule is O=C(NCC(F)(F)F)N1CCC(n2c(=O)[nH]c3ccccc32)CC1. The third-order valence-corrected chi connectivity index (χ3v) is 4.18. The summed E-state index contributed by atoms with van der Waals surface area (Å²) in [4.78, 5) is 28.0. The molecule has 2 N–H and O–H groups in total. The van der Waals surface area contributed by atoms with Gasteiger partial charge in [-0.15, -0.1) is 0 Å². The number of nitrogens with one attached hydrogen (secondary N) is 2. The fraction of sp³-hybridized carbons (Fsp3) is 0.467. The first kappa shape index (κ1) is 16.4. The van der Waals surface area contributed by atoms with E-state index in [1.54, 1.807) is 4.57 Å². The summed E-state index contributed by atoms with van der Waals surface area (Å²) >= 11 is 0. The molecule has 1 aliphatic rings. The summed E-state index contributed by atoms with van der Waals surface area (Å²) in [6.07, 6.45) is -3.40. The molecule has 0 atom stereocenters. The molecule has 0 unspecified atom stereocenters. The number of H-pyrrole nitrogens is 1. The van der Waals surface area contributed by atoms with Crippen LogP contribution in [0, 0.1) is 0 Å². The molecule has 1 saturated heterocycles. The Kier molecular flexibility index (Phi) is 4.25. The number of benzene rings is 1. The van der Waals surface area contributed by atoms with E-state index in [4.69, 9.17) is 0 Å². The Labute approximate surface area is 135 Å². The highest BCUT2D eigenvalue weighted by atomic mass is 19.4. The van der Waals surface area contributed by atoms with Crippen molar-refractivity contribution in [1.82, 2.24) is 19.8 Å². The van der Waals surface area contributed by atoms with Crippen molar-refractivity contribution in [3.63, 3.8) is 0 Å². The molecule has 24 heavy (non-hydrogen) atoms. The Hall–Kier alpha value is -2.45. The Balaban J connectivity index is 1.66. The molecule has 0 spiro atoms.